The summed E-state index contributed by atoms with van der Waals surface area (Å²) in [5.74, 6) is 2.49. The van der Waals surface area contributed by atoms with E-state index in [0.717, 1.165) is 29.6 Å². The van der Waals surface area contributed by atoms with Crippen molar-refractivity contribution in [1.29, 1.82) is 0 Å². The van der Waals surface area contributed by atoms with E-state index in [0.29, 0.717) is 5.92 Å². The van der Waals surface area contributed by atoms with Gasteiger partial charge in [-0.25, -0.2) is 0 Å². The SMILES string of the molecule is CCn1ncc(C(=O)N[C@H](C)[C@H]2C[C@H]3CC[C@H]2C3)c1C. The summed E-state index contributed by atoms with van der Waals surface area (Å²) in [6, 6.07) is 0.280. The molecule has 0 aliphatic heterocycles. The largest absolute Gasteiger partial charge is 0.349 e. The molecule has 1 aromatic heterocycles. The van der Waals surface area contributed by atoms with Gasteiger partial charge in [-0.2, -0.15) is 5.10 Å². The molecule has 0 saturated heterocycles. The summed E-state index contributed by atoms with van der Waals surface area (Å²) in [6.45, 7) is 6.98. The Morgan fingerprint density at radius 2 is 2.30 bits per heavy atom. The fraction of sp³-hybridized carbons (Fsp3) is 0.750. The maximum absolute atomic E-state index is 12.4. The van der Waals surface area contributed by atoms with Crippen LogP contribution in [0.4, 0.5) is 0 Å². The number of aryl methyl sites for hydroxylation is 1. The third-order valence-corrected chi connectivity index (χ3v) is 5.44. The molecule has 1 N–H and O–H groups in total. The van der Waals surface area contributed by atoms with Gasteiger partial charge in [0.15, 0.2) is 0 Å². The molecule has 2 fully saturated rings. The second kappa shape index (κ2) is 5.23. The van der Waals surface area contributed by atoms with E-state index in [4.69, 9.17) is 0 Å². The van der Waals surface area contributed by atoms with E-state index in [2.05, 4.69) is 17.3 Å². The van der Waals surface area contributed by atoms with E-state index in [1.807, 2.05) is 18.5 Å². The van der Waals surface area contributed by atoms with Crippen LogP contribution in [0.1, 0.15) is 55.6 Å². The van der Waals surface area contributed by atoms with Crippen molar-refractivity contribution in [3.05, 3.63) is 17.5 Å². The predicted molar refractivity (Wildman–Crippen MR) is 78.5 cm³/mol. The first-order chi connectivity index (χ1) is 9.60. The highest BCUT2D eigenvalue weighted by Crippen LogP contribution is 2.49. The summed E-state index contributed by atoms with van der Waals surface area (Å²) in [5.41, 5.74) is 1.69. The summed E-state index contributed by atoms with van der Waals surface area (Å²) >= 11 is 0. The van der Waals surface area contributed by atoms with Gasteiger partial charge < -0.3 is 5.32 Å². The van der Waals surface area contributed by atoms with Crippen molar-refractivity contribution in [2.45, 2.75) is 59.0 Å². The van der Waals surface area contributed by atoms with E-state index in [9.17, 15) is 4.79 Å². The van der Waals surface area contributed by atoms with Crippen LogP contribution in [0.3, 0.4) is 0 Å². The van der Waals surface area contributed by atoms with Crippen molar-refractivity contribution in [1.82, 2.24) is 15.1 Å². The molecule has 0 unspecified atom stereocenters. The maximum atomic E-state index is 12.4. The number of carbonyl (C=O) groups excluding carboxylic acids is 1. The average Bonchev–Trinajstić information content (AvgIpc) is 3.12. The Labute approximate surface area is 120 Å². The second-order valence-electron chi connectivity index (χ2n) is 6.56. The van der Waals surface area contributed by atoms with Gasteiger partial charge in [0.05, 0.1) is 11.8 Å². The number of carbonyl (C=O) groups is 1. The molecular formula is C16H25N3O. The molecule has 3 rings (SSSR count). The molecule has 2 saturated carbocycles. The van der Waals surface area contributed by atoms with Crippen LogP contribution in [0.15, 0.2) is 6.20 Å². The Kier molecular flexibility index (Phi) is 3.57. The molecule has 20 heavy (non-hydrogen) atoms. The van der Waals surface area contributed by atoms with E-state index in [1.54, 1.807) is 6.20 Å². The fourth-order valence-electron chi connectivity index (χ4n) is 4.29. The van der Waals surface area contributed by atoms with Crippen molar-refractivity contribution >= 4 is 5.91 Å². The monoisotopic (exact) mass is 275 g/mol. The molecule has 1 amide bonds. The first-order valence-corrected chi connectivity index (χ1v) is 7.93. The normalized spacial score (nSPS) is 29.6. The molecule has 4 atom stereocenters. The van der Waals surface area contributed by atoms with E-state index in [-0.39, 0.29) is 11.9 Å². The summed E-state index contributed by atoms with van der Waals surface area (Å²) in [6.07, 6.45) is 7.16. The van der Waals surface area contributed by atoms with Gasteiger partial charge >= 0.3 is 0 Å². The number of hydrogen-bond donors (Lipinski definition) is 1. The minimum absolute atomic E-state index is 0.0393. The molecule has 0 aromatic carbocycles. The van der Waals surface area contributed by atoms with Crippen molar-refractivity contribution < 1.29 is 4.79 Å². The molecular weight excluding hydrogens is 250 g/mol. The van der Waals surface area contributed by atoms with E-state index >= 15 is 0 Å². The zero-order valence-electron chi connectivity index (χ0n) is 12.7. The third-order valence-electron chi connectivity index (χ3n) is 5.44. The Balaban J connectivity index is 1.65. The van der Waals surface area contributed by atoms with Crippen LogP contribution in [0, 0.1) is 24.7 Å². The van der Waals surface area contributed by atoms with Crippen LogP contribution in [-0.2, 0) is 6.54 Å². The Hall–Kier alpha value is -1.32. The highest BCUT2D eigenvalue weighted by molar-refractivity contribution is 5.95. The predicted octanol–water partition coefficient (Wildman–Crippen LogP) is 2.77. The van der Waals surface area contributed by atoms with Gasteiger partial charge in [-0.15, -0.1) is 0 Å². The van der Waals surface area contributed by atoms with Gasteiger partial charge in [0, 0.05) is 18.3 Å². The highest BCUT2D eigenvalue weighted by Gasteiger charge is 2.42. The molecule has 4 heteroatoms. The number of aromatic nitrogens is 2. The molecule has 1 heterocycles. The Morgan fingerprint density at radius 1 is 1.50 bits per heavy atom. The standard InChI is InChI=1S/C16H25N3O/c1-4-19-11(3)15(9-17-19)16(20)18-10(2)14-8-12-5-6-13(14)7-12/h9-10,12-14H,4-8H2,1-3H3,(H,18,20)/t10-,12+,13+,14-/m1/s1. The quantitative estimate of drug-likeness (QED) is 0.918. The van der Waals surface area contributed by atoms with Crippen molar-refractivity contribution in [3.8, 4) is 0 Å². The average molecular weight is 275 g/mol. The molecule has 1 aromatic rings. The summed E-state index contributed by atoms with van der Waals surface area (Å²) in [7, 11) is 0. The molecule has 110 valence electrons. The minimum atomic E-state index is 0.0393. The summed E-state index contributed by atoms with van der Waals surface area (Å²) in [4.78, 5) is 12.4. The van der Waals surface area contributed by atoms with Gasteiger partial charge in [0.1, 0.15) is 0 Å². The molecule has 0 spiro atoms. The van der Waals surface area contributed by atoms with Crippen LogP contribution in [0.5, 0.6) is 0 Å². The minimum Gasteiger partial charge on any atom is -0.349 e. The van der Waals surface area contributed by atoms with Crippen LogP contribution in [-0.4, -0.2) is 21.7 Å². The van der Waals surface area contributed by atoms with E-state index < -0.39 is 0 Å². The number of nitrogens with one attached hydrogen (secondary N) is 1. The van der Waals surface area contributed by atoms with Crippen LogP contribution >= 0.6 is 0 Å². The number of nitrogens with zero attached hydrogens (tertiary/aromatic N) is 2. The van der Waals surface area contributed by atoms with Gasteiger partial charge in [-0.1, -0.05) is 6.42 Å². The lowest BCUT2D eigenvalue weighted by Crippen LogP contribution is -2.40. The second-order valence-corrected chi connectivity index (χ2v) is 6.56. The van der Waals surface area contributed by atoms with Gasteiger partial charge in [0.25, 0.3) is 5.91 Å². The highest BCUT2D eigenvalue weighted by atomic mass is 16.1. The Bertz CT molecular complexity index is 508. The molecule has 4 nitrogen and oxygen atoms in total. The molecule has 2 aliphatic carbocycles. The van der Waals surface area contributed by atoms with Crippen molar-refractivity contribution in [2.24, 2.45) is 17.8 Å². The maximum Gasteiger partial charge on any atom is 0.254 e. The van der Waals surface area contributed by atoms with Crippen LogP contribution in [0.25, 0.3) is 0 Å². The first kappa shape index (κ1) is 13.7. The number of rotatable bonds is 4. The number of fused-ring (bicyclic) bond motifs is 2. The molecule has 2 aliphatic rings. The topological polar surface area (TPSA) is 46.9 Å². The van der Waals surface area contributed by atoms with Crippen LogP contribution < -0.4 is 5.32 Å². The summed E-state index contributed by atoms with van der Waals surface area (Å²) in [5, 5.41) is 7.46. The smallest absolute Gasteiger partial charge is 0.254 e. The lowest BCUT2D eigenvalue weighted by molar-refractivity contribution is 0.0914. The molecule has 2 bridgehead atoms. The Morgan fingerprint density at radius 3 is 2.85 bits per heavy atom. The van der Waals surface area contributed by atoms with E-state index in [1.165, 1.54) is 25.7 Å². The number of hydrogen-bond acceptors (Lipinski definition) is 2. The number of amides is 1. The molecule has 0 radical (unpaired) electrons. The van der Waals surface area contributed by atoms with Crippen molar-refractivity contribution in [2.75, 3.05) is 0 Å². The zero-order valence-corrected chi connectivity index (χ0v) is 12.7. The van der Waals surface area contributed by atoms with Crippen LogP contribution in [0.2, 0.25) is 0 Å². The third kappa shape index (κ3) is 2.25. The van der Waals surface area contributed by atoms with Gasteiger partial charge in [-0.3, -0.25) is 9.48 Å². The zero-order chi connectivity index (χ0) is 14.3. The lowest BCUT2D eigenvalue weighted by Gasteiger charge is -2.28. The lowest BCUT2D eigenvalue weighted by atomic mass is 9.84. The van der Waals surface area contributed by atoms with Crippen molar-refractivity contribution in [3.63, 3.8) is 0 Å². The van der Waals surface area contributed by atoms with Gasteiger partial charge in [-0.05, 0) is 57.8 Å². The first-order valence-electron chi connectivity index (χ1n) is 7.93. The fourth-order valence-corrected chi connectivity index (χ4v) is 4.29. The van der Waals surface area contributed by atoms with Gasteiger partial charge in [0.2, 0.25) is 0 Å². The summed E-state index contributed by atoms with van der Waals surface area (Å²) < 4.78 is 1.87.